The Morgan fingerprint density at radius 1 is 1.05 bits per heavy atom. The van der Waals surface area contributed by atoms with E-state index in [1.54, 1.807) is 12.1 Å². The highest BCUT2D eigenvalue weighted by molar-refractivity contribution is 5.94. The summed E-state index contributed by atoms with van der Waals surface area (Å²) in [5, 5.41) is 2.74. The van der Waals surface area contributed by atoms with Crippen molar-refractivity contribution in [2.45, 2.75) is 6.92 Å². The van der Waals surface area contributed by atoms with Crippen LogP contribution in [-0.4, -0.2) is 19.1 Å². The Bertz CT molecular complexity index is 654. The van der Waals surface area contributed by atoms with Crippen molar-refractivity contribution < 1.29 is 9.53 Å². The van der Waals surface area contributed by atoms with Crippen LogP contribution < -0.4 is 10.1 Å². The number of nitrogens with one attached hydrogen (secondary N) is 1. The molecule has 21 heavy (non-hydrogen) atoms. The number of hydrogen-bond acceptors (Lipinski definition) is 2. The monoisotopic (exact) mass is 279 g/mol. The minimum atomic E-state index is -0.121. The van der Waals surface area contributed by atoms with Crippen LogP contribution in [0.4, 0.5) is 0 Å². The molecule has 2 rings (SSSR count). The second-order valence-electron chi connectivity index (χ2n) is 4.46. The largest absolute Gasteiger partial charge is 0.481 e. The molecule has 0 saturated heterocycles. The van der Waals surface area contributed by atoms with Gasteiger partial charge >= 0.3 is 0 Å². The van der Waals surface area contributed by atoms with E-state index in [9.17, 15) is 4.79 Å². The summed E-state index contributed by atoms with van der Waals surface area (Å²) in [4.78, 5) is 11.7. The summed E-state index contributed by atoms with van der Waals surface area (Å²) < 4.78 is 5.54. The third-order valence-corrected chi connectivity index (χ3v) is 2.89. The van der Waals surface area contributed by atoms with Crippen LogP contribution in [0.5, 0.6) is 5.75 Å². The van der Waals surface area contributed by atoms with Crippen molar-refractivity contribution in [1.29, 1.82) is 0 Å². The predicted molar refractivity (Wildman–Crippen MR) is 83.2 cm³/mol. The Hall–Kier alpha value is -2.73. The van der Waals surface area contributed by atoms with E-state index in [4.69, 9.17) is 4.74 Å². The molecule has 2 aromatic rings. The quantitative estimate of drug-likeness (QED) is 0.874. The minimum Gasteiger partial charge on any atom is -0.481 e. The number of hydrogen-bond donors (Lipinski definition) is 1. The van der Waals surface area contributed by atoms with Crippen LogP contribution in [0, 0.1) is 18.8 Å². The van der Waals surface area contributed by atoms with E-state index < -0.39 is 0 Å². The first-order valence-corrected chi connectivity index (χ1v) is 6.75. The van der Waals surface area contributed by atoms with E-state index in [1.807, 2.05) is 49.4 Å². The summed E-state index contributed by atoms with van der Waals surface area (Å²) in [7, 11) is 0. The highest BCUT2D eigenvalue weighted by Crippen LogP contribution is 2.15. The van der Waals surface area contributed by atoms with E-state index in [-0.39, 0.29) is 5.91 Å². The average Bonchev–Trinajstić information content (AvgIpc) is 2.53. The molecule has 3 heteroatoms. The lowest BCUT2D eigenvalue weighted by molar-refractivity contribution is 0.0958. The summed E-state index contributed by atoms with van der Waals surface area (Å²) in [6.07, 6.45) is 0. The van der Waals surface area contributed by atoms with Gasteiger partial charge < -0.3 is 10.1 Å². The van der Waals surface area contributed by atoms with Crippen LogP contribution in [0.2, 0.25) is 0 Å². The lowest BCUT2D eigenvalue weighted by Crippen LogP contribution is -2.23. The standard InChI is InChI=1S/C18H17NO2/c1-15-9-5-6-12-17(15)21-14-8-7-13-19-18(20)16-10-3-2-4-11-16/h2-6,9-12H,13-14H2,1H3,(H,19,20). The number of rotatable bonds is 4. The van der Waals surface area contributed by atoms with Gasteiger partial charge in [-0.1, -0.05) is 48.2 Å². The highest BCUT2D eigenvalue weighted by Gasteiger charge is 2.01. The summed E-state index contributed by atoms with van der Waals surface area (Å²) in [6.45, 7) is 2.61. The first-order valence-electron chi connectivity index (χ1n) is 6.75. The molecule has 1 N–H and O–H groups in total. The Morgan fingerprint density at radius 2 is 1.76 bits per heavy atom. The highest BCUT2D eigenvalue weighted by atomic mass is 16.5. The fraction of sp³-hybridized carbons (Fsp3) is 0.167. The topological polar surface area (TPSA) is 38.3 Å². The van der Waals surface area contributed by atoms with E-state index in [2.05, 4.69) is 17.2 Å². The first-order chi connectivity index (χ1) is 10.3. The minimum absolute atomic E-state index is 0.121. The lowest BCUT2D eigenvalue weighted by atomic mass is 10.2. The maximum atomic E-state index is 11.7. The SMILES string of the molecule is Cc1ccccc1OCC#CCNC(=O)c1ccccc1. The molecule has 0 aliphatic heterocycles. The third-order valence-electron chi connectivity index (χ3n) is 2.89. The first kappa shape index (κ1) is 14.7. The van der Waals surface area contributed by atoms with Gasteiger partial charge in [-0.05, 0) is 30.7 Å². The van der Waals surface area contributed by atoms with E-state index >= 15 is 0 Å². The molecule has 0 radical (unpaired) electrons. The van der Waals surface area contributed by atoms with Gasteiger partial charge in [-0.25, -0.2) is 0 Å². The van der Waals surface area contributed by atoms with Crippen LogP contribution >= 0.6 is 0 Å². The molecule has 0 spiro atoms. The Balaban J connectivity index is 1.73. The molecule has 106 valence electrons. The summed E-state index contributed by atoms with van der Waals surface area (Å²) >= 11 is 0. The second-order valence-corrected chi connectivity index (χ2v) is 4.46. The van der Waals surface area contributed by atoms with E-state index in [0.29, 0.717) is 18.7 Å². The molecule has 2 aromatic carbocycles. The van der Waals surface area contributed by atoms with E-state index in [1.165, 1.54) is 0 Å². The van der Waals surface area contributed by atoms with Crippen molar-refractivity contribution in [3.05, 3.63) is 65.7 Å². The second kappa shape index (κ2) is 7.76. The Morgan fingerprint density at radius 3 is 2.52 bits per heavy atom. The fourth-order valence-electron chi connectivity index (χ4n) is 1.76. The molecule has 0 aliphatic rings. The third kappa shape index (κ3) is 4.70. The molecular weight excluding hydrogens is 262 g/mol. The number of para-hydroxylation sites is 1. The molecular formula is C18H17NO2. The molecule has 0 saturated carbocycles. The van der Waals surface area contributed by atoms with Gasteiger partial charge in [0, 0.05) is 5.56 Å². The molecule has 1 amide bonds. The molecule has 3 nitrogen and oxygen atoms in total. The van der Waals surface area contributed by atoms with Crippen LogP contribution in [0.1, 0.15) is 15.9 Å². The van der Waals surface area contributed by atoms with Crippen LogP contribution in [0.25, 0.3) is 0 Å². The average molecular weight is 279 g/mol. The molecule has 0 fully saturated rings. The summed E-state index contributed by atoms with van der Waals surface area (Å²) in [5.74, 6) is 6.46. The van der Waals surface area contributed by atoms with Crippen LogP contribution in [-0.2, 0) is 0 Å². The number of aryl methyl sites for hydroxylation is 1. The predicted octanol–water partition coefficient (Wildman–Crippen LogP) is 2.81. The number of ether oxygens (including phenoxy) is 1. The van der Waals surface area contributed by atoms with Crippen molar-refractivity contribution in [1.82, 2.24) is 5.32 Å². The van der Waals surface area contributed by atoms with Crippen molar-refractivity contribution in [3.63, 3.8) is 0 Å². The summed E-state index contributed by atoms with van der Waals surface area (Å²) in [6, 6.07) is 16.9. The zero-order valence-corrected chi connectivity index (χ0v) is 11.9. The van der Waals surface area contributed by atoms with E-state index in [0.717, 1.165) is 11.3 Å². The number of benzene rings is 2. The van der Waals surface area contributed by atoms with Gasteiger partial charge in [-0.15, -0.1) is 0 Å². The lowest BCUT2D eigenvalue weighted by Gasteiger charge is -2.04. The number of carbonyl (C=O) groups is 1. The fourth-order valence-corrected chi connectivity index (χ4v) is 1.76. The normalized spacial score (nSPS) is 9.38. The smallest absolute Gasteiger partial charge is 0.252 e. The Kier molecular flexibility index (Phi) is 5.42. The molecule has 0 bridgehead atoms. The Labute approximate surface area is 125 Å². The van der Waals surface area contributed by atoms with Gasteiger partial charge in [0.1, 0.15) is 12.4 Å². The van der Waals surface area contributed by atoms with Crippen LogP contribution in [0.3, 0.4) is 0 Å². The van der Waals surface area contributed by atoms with Crippen molar-refractivity contribution >= 4 is 5.91 Å². The molecule has 0 heterocycles. The van der Waals surface area contributed by atoms with Gasteiger partial charge in [-0.2, -0.15) is 0 Å². The zero-order valence-electron chi connectivity index (χ0n) is 11.9. The summed E-state index contributed by atoms with van der Waals surface area (Å²) in [5.41, 5.74) is 1.71. The maximum Gasteiger partial charge on any atom is 0.252 e. The number of carbonyl (C=O) groups excluding carboxylic acids is 1. The van der Waals surface area contributed by atoms with Crippen molar-refractivity contribution in [2.24, 2.45) is 0 Å². The molecule has 0 aromatic heterocycles. The van der Waals surface area contributed by atoms with Crippen molar-refractivity contribution in [2.75, 3.05) is 13.2 Å². The van der Waals surface area contributed by atoms with Crippen LogP contribution in [0.15, 0.2) is 54.6 Å². The van der Waals surface area contributed by atoms with Gasteiger partial charge in [0.05, 0.1) is 6.54 Å². The maximum absolute atomic E-state index is 11.7. The molecule has 0 atom stereocenters. The van der Waals surface area contributed by atoms with Gasteiger partial charge in [-0.3, -0.25) is 4.79 Å². The van der Waals surface area contributed by atoms with Gasteiger partial charge in [0.2, 0.25) is 0 Å². The molecule has 0 aliphatic carbocycles. The number of amides is 1. The molecule has 0 unspecified atom stereocenters. The van der Waals surface area contributed by atoms with Crippen molar-refractivity contribution in [3.8, 4) is 17.6 Å². The van der Waals surface area contributed by atoms with Gasteiger partial charge in [0.25, 0.3) is 5.91 Å². The van der Waals surface area contributed by atoms with Gasteiger partial charge in [0.15, 0.2) is 0 Å². The zero-order chi connectivity index (χ0) is 14.9.